The van der Waals surface area contributed by atoms with Gasteiger partial charge in [-0.1, -0.05) is 6.07 Å². The van der Waals surface area contributed by atoms with E-state index in [1.54, 1.807) is 11.3 Å². The van der Waals surface area contributed by atoms with Crippen LogP contribution in [0.2, 0.25) is 0 Å². The minimum absolute atomic E-state index is 0.332. The molecule has 0 radical (unpaired) electrons. The molecule has 0 saturated carbocycles. The van der Waals surface area contributed by atoms with Crippen LogP contribution in [-0.4, -0.2) is 50.2 Å². The van der Waals surface area contributed by atoms with Crippen LogP contribution in [0.5, 0.6) is 0 Å². The minimum Gasteiger partial charge on any atom is -0.338 e. The molecule has 0 aliphatic carbocycles. The van der Waals surface area contributed by atoms with Crippen molar-refractivity contribution in [2.75, 3.05) is 31.1 Å². The number of rotatable bonds is 4. The van der Waals surface area contributed by atoms with Crippen LogP contribution in [0.3, 0.4) is 0 Å². The van der Waals surface area contributed by atoms with Gasteiger partial charge in [-0.2, -0.15) is 0 Å². The van der Waals surface area contributed by atoms with Crippen molar-refractivity contribution >= 4 is 38.1 Å². The third-order valence-corrected chi connectivity index (χ3v) is 6.35. The lowest BCUT2D eigenvalue weighted by molar-refractivity contribution is 0.198. The lowest BCUT2D eigenvalue weighted by Crippen LogP contribution is -2.47. The van der Waals surface area contributed by atoms with Crippen LogP contribution in [0.25, 0.3) is 10.2 Å². The molecule has 3 heterocycles. The molecule has 4 rings (SSSR count). The standard InChI is InChI=1S/C17H20N6OS2/c1-12(13-2-3-16-15(8-13)21-11-25-16)22-4-6-23(7-5-22)17-19-9-14(10-20-17)26(18)24/h2-3,8-12,18,26H,4-7H2,1H3. The summed E-state index contributed by atoms with van der Waals surface area (Å²) in [5, 5.41) is 0. The molecule has 2 unspecified atom stereocenters. The van der Waals surface area contributed by atoms with E-state index in [4.69, 9.17) is 4.78 Å². The molecule has 1 saturated heterocycles. The van der Waals surface area contributed by atoms with Crippen molar-refractivity contribution in [2.45, 2.75) is 17.9 Å². The van der Waals surface area contributed by atoms with E-state index in [1.165, 1.54) is 22.7 Å². The van der Waals surface area contributed by atoms with Gasteiger partial charge in [-0.05, 0) is 24.6 Å². The van der Waals surface area contributed by atoms with Gasteiger partial charge in [0.05, 0.1) is 31.2 Å². The molecular formula is C17H20N6OS2. The maximum Gasteiger partial charge on any atom is 0.225 e. The SMILES string of the molecule is CC(c1ccc2scnc2c1)N1CCN(c2ncc([SH](=N)=O)cn2)CC1. The van der Waals surface area contributed by atoms with Gasteiger partial charge in [0.1, 0.15) is 0 Å². The first-order valence-electron chi connectivity index (χ1n) is 8.44. The molecule has 1 aromatic carbocycles. The summed E-state index contributed by atoms with van der Waals surface area (Å²) >= 11 is 1.67. The van der Waals surface area contributed by atoms with Gasteiger partial charge in [-0.15, -0.1) is 11.3 Å². The van der Waals surface area contributed by atoms with E-state index in [2.05, 4.69) is 49.9 Å². The Morgan fingerprint density at radius 2 is 1.88 bits per heavy atom. The predicted octanol–water partition coefficient (Wildman–Crippen LogP) is 2.57. The molecule has 0 spiro atoms. The fraction of sp³-hybridized carbons (Fsp3) is 0.353. The first kappa shape index (κ1) is 17.3. The molecule has 0 bridgehead atoms. The van der Waals surface area contributed by atoms with Crippen molar-refractivity contribution in [2.24, 2.45) is 0 Å². The van der Waals surface area contributed by atoms with Gasteiger partial charge in [-0.25, -0.2) is 19.2 Å². The van der Waals surface area contributed by atoms with Crippen molar-refractivity contribution in [3.63, 3.8) is 0 Å². The summed E-state index contributed by atoms with van der Waals surface area (Å²) in [6, 6.07) is 6.87. The monoisotopic (exact) mass is 388 g/mol. The summed E-state index contributed by atoms with van der Waals surface area (Å²) in [5.41, 5.74) is 4.25. The molecule has 1 aliphatic rings. The Labute approximate surface area is 157 Å². The average molecular weight is 389 g/mol. The summed E-state index contributed by atoms with van der Waals surface area (Å²) in [6.07, 6.45) is 2.98. The number of nitrogens with zero attached hydrogens (tertiary/aromatic N) is 5. The number of nitrogens with one attached hydrogen (secondary N) is 1. The van der Waals surface area contributed by atoms with Crippen molar-refractivity contribution in [1.29, 1.82) is 4.78 Å². The zero-order valence-electron chi connectivity index (χ0n) is 14.4. The second-order valence-corrected chi connectivity index (χ2v) is 8.31. The number of aromatic nitrogens is 3. The van der Waals surface area contributed by atoms with Gasteiger partial charge in [0, 0.05) is 44.6 Å². The number of anilines is 1. The number of piperazine rings is 1. The minimum atomic E-state index is -2.13. The largest absolute Gasteiger partial charge is 0.338 e. The second-order valence-electron chi connectivity index (χ2n) is 6.31. The van der Waals surface area contributed by atoms with E-state index >= 15 is 0 Å². The zero-order chi connectivity index (χ0) is 18.1. The van der Waals surface area contributed by atoms with E-state index in [1.807, 2.05) is 5.51 Å². The van der Waals surface area contributed by atoms with E-state index in [0.717, 1.165) is 31.7 Å². The molecule has 3 aromatic rings. The Morgan fingerprint density at radius 3 is 2.58 bits per heavy atom. The van der Waals surface area contributed by atoms with Gasteiger partial charge in [0.25, 0.3) is 0 Å². The molecule has 136 valence electrons. The predicted molar refractivity (Wildman–Crippen MR) is 104 cm³/mol. The highest BCUT2D eigenvalue weighted by atomic mass is 32.2. The lowest BCUT2D eigenvalue weighted by atomic mass is 10.1. The molecule has 9 heteroatoms. The first-order valence-corrected chi connectivity index (χ1v) is 10.6. The van der Waals surface area contributed by atoms with Crippen molar-refractivity contribution in [3.05, 3.63) is 41.7 Å². The topological polar surface area (TPSA) is 86.1 Å². The molecule has 7 nitrogen and oxygen atoms in total. The highest BCUT2D eigenvalue weighted by Crippen LogP contribution is 2.27. The van der Waals surface area contributed by atoms with Crippen molar-refractivity contribution < 1.29 is 4.21 Å². The number of hydrogen-bond acceptors (Lipinski definition) is 8. The van der Waals surface area contributed by atoms with Crippen LogP contribution in [0.1, 0.15) is 18.5 Å². The average Bonchev–Trinajstić information content (AvgIpc) is 3.15. The number of thiazole rings is 1. The Morgan fingerprint density at radius 1 is 1.15 bits per heavy atom. The number of thiol groups is 1. The van der Waals surface area contributed by atoms with E-state index in [0.29, 0.717) is 16.9 Å². The van der Waals surface area contributed by atoms with Gasteiger partial charge < -0.3 is 4.90 Å². The second kappa shape index (κ2) is 7.26. The van der Waals surface area contributed by atoms with Crippen LogP contribution in [0.4, 0.5) is 5.95 Å². The molecule has 1 fully saturated rings. The van der Waals surface area contributed by atoms with E-state index < -0.39 is 10.6 Å². The maximum absolute atomic E-state index is 11.2. The molecular weight excluding hydrogens is 368 g/mol. The van der Waals surface area contributed by atoms with Gasteiger partial charge in [-0.3, -0.25) is 9.68 Å². The Bertz CT molecular complexity index is 968. The maximum atomic E-state index is 11.2. The molecule has 2 aromatic heterocycles. The fourth-order valence-corrected chi connectivity index (χ4v) is 4.22. The van der Waals surface area contributed by atoms with Gasteiger partial charge in [0.15, 0.2) is 0 Å². The van der Waals surface area contributed by atoms with Crippen LogP contribution >= 0.6 is 11.3 Å². The highest BCUT2D eigenvalue weighted by Gasteiger charge is 2.23. The summed E-state index contributed by atoms with van der Waals surface area (Å²) in [4.78, 5) is 17.9. The Kier molecular flexibility index (Phi) is 4.84. The smallest absolute Gasteiger partial charge is 0.225 e. The number of hydrogen-bond donors (Lipinski definition) is 2. The number of benzene rings is 1. The lowest BCUT2D eigenvalue weighted by Gasteiger charge is -2.38. The normalized spacial score (nSPS) is 18.1. The third kappa shape index (κ3) is 3.42. The quantitative estimate of drug-likeness (QED) is 0.668. The van der Waals surface area contributed by atoms with Crippen LogP contribution in [0, 0.1) is 4.78 Å². The molecule has 1 N–H and O–H groups in total. The van der Waals surface area contributed by atoms with Crippen LogP contribution < -0.4 is 4.90 Å². The zero-order valence-corrected chi connectivity index (χ0v) is 16.1. The molecule has 26 heavy (non-hydrogen) atoms. The first-order chi connectivity index (χ1) is 12.6. The summed E-state index contributed by atoms with van der Waals surface area (Å²) < 4.78 is 19.6. The van der Waals surface area contributed by atoms with E-state index in [-0.39, 0.29) is 0 Å². The molecule has 2 atom stereocenters. The molecule has 1 aliphatic heterocycles. The fourth-order valence-electron chi connectivity index (χ4n) is 3.24. The number of fused-ring (bicyclic) bond motifs is 1. The Balaban J connectivity index is 1.42. The summed E-state index contributed by atoms with van der Waals surface area (Å²) in [7, 11) is -2.13. The summed E-state index contributed by atoms with van der Waals surface area (Å²) in [5.74, 6) is 0.641. The van der Waals surface area contributed by atoms with Gasteiger partial charge in [0.2, 0.25) is 5.95 Å². The van der Waals surface area contributed by atoms with E-state index in [9.17, 15) is 4.21 Å². The Hall–Kier alpha value is -2.10. The third-order valence-electron chi connectivity index (χ3n) is 4.84. The van der Waals surface area contributed by atoms with Crippen LogP contribution in [0.15, 0.2) is 41.0 Å². The van der Waals surface area contributed by atoms with Crippen LogP contribution in [-0.2, 0) is 10.6 Å². The van der Waals surface area contributed by atoms with Crippen molar-refractivity contribution in [3.8, 4) is 0 Å². The van der Waals surface area contributed by atoms with Gasteiger partial charge >= 0.3 is 0 Å². The summed E-state index contributed by atoms with van der Waals surface area (Å²) in [6.45, 7) is 5.77. The van der Waals surface area contributed by atoms with Crippen molar-refractivity contribution in [1.82, 2.24) is 19.9 Å². The molecule has 0 amide bonds. The highest BCUT2D eigenvalue weighted by molar-refractivity contribution is 7.73.